The van der Waals surface area contributed by atoms with Gasteiger partial charge < -0.3 is 5.11 Å². The number of hydrogen-bond acceptors (Lipinski definition) is 2. The molecule has 0 radical (unpaired) electrons. The molecule has 2 rings (SSSR count). The Hall–Kier alpha value is -0.570. The third kappa shape index (κ3) is 3.98. The van der Waals surface area contributed by atoms with Crippen LogP contribution < -0.4 is 0 Å². The quantitative estimate of drug-likeness (QED) is 0.802. The van der Waals surface area contributed by atoms with E-state index in [1.54, 1.807) is 0 Å². The highest BCUT2D eigenvalue weighted by Gasteiger charge is 2.26. The minimum absolute atomic E-state index is 0.245. The van der Waals surface area contributed by atoms with Crippen LogP contribution in [-0.2, 0) is 4.79 Å². The first kappa shape index (κ1) is 12.9. The molecule has 0 spiro atoms. The van der Waals surface area contributed by atoms with E-state index in [-0.39, 0.29) is 6.54 Å². The molecular weight excluding hydrogens is 214 g/mol. The lowest BCUT2D eigenvalue weighted by Gasteiger charge is -2.26. The Morgan fingerprint density at radius 3 is 2.53 bits per heavy atom. The first-order chi connectivity index (χ1) is 8.25. The zero-order valence-electron chi connectivity index (χ0n) is 10.7. The Bertz CT molecular complexity index is 249. The molecule has 1 aliphatic heterocycles. The predicted octanol–water partition coefficient (Wildman–Crippen LogP) is 2.90. The molecule has 1 atom stereocenters. The van der Waals surface area contributed by atoms with Crippen molar-refractivity contribution in [3.63, 3.8) is 0 Å². The van der Waals surface area contributed by atoms with Crippen LogP contribution in [0, 0.1) is 5.92 Å². The minimum atomic E-state index is -0.672. The van der Waals surface area contributed by atoms with Crippen molar-refractivity contribution in [3.05, 3.63) is 0 Å². The van der Waals surface area contributed by atoms with Gasteiger partial charge in [0.05, 0.1) is 6.54 Å². The summed E-state index contributed by atoms with van der Waals surface area (Å²) in [6.45, 7) is 1.23. The van der Waals surface area contributed by atoms with Gasteiger partial charge in [0, 0.05) is 6.04 Å². The highest BCUT2D eigenvalue weighted by Crippen LogP contribution is 2.30. The van der Waals surface area contributed by atoms with Crippen LogP contribution in [0.15, 0.2) is 0 Å². The van der Waals surface area contributed by atoms with Crippen molar-refractivity contribution in [2.75, 3.05) is 13.1 Å². The van der Waals surface area contributed by atoms with Crippen LogP contribution in [0.1, 0.15) is 57.8 Å². The molecule has 1 saturated carbocycles. The maximum Gasteiger partial charge on any atom is 0.317 e. The molecule has 1 heterocycles. The predicted molar refractivity (Wildman–Crippen MR) is 68.0 cm³/mol. The van der Waals surface area contributed by atoms with E-state index >= 15 is 0 Å². The van der Waals surface area contributed by atoms with Crippen LogP contribution in [0.3, 0.4) is 0 Å². The monoisotopic (exact) mass is 239 g/mol. The van der Waals surface area contributed by atoms with E-state index in [2.05, 4.69) is 4.90 Å². The second-order valence-electron chi connectivity index (χ2n) is 5.74. The van der Waals surface area contributed by atoms with Gasteiger partial charge in [-0.2, -0.15) is 0 Å². The van der Waals surface area contributed by atoms with Gasteiger partial charge in [-0.15, -0.1) is 0 Å². The number of carboxylic acid groups (broad SMARTS) is 1. The van der Waals surface area contributed by atoms with Crippen LogP contribution >= 0.6 is 0 Å². The van der Waals surface area contributed by atoms with Gasteiger partial charge in [0.15, 0.2) is 0 Å². The summed E-state index contributed by atoms with van der Waals surface area (Å²) in [4.78, 5) is 12.9. The van der Waals surface area contributed by atoms with Gasteiger partial charge in [-0.1, -0.05) is 32.1 Å². The average molecular weight is 239 g/mol. The maximum atomic E-state index is 10.8. The number of carbonyl (C=O) groups is 1. The van der Waals surface area contributed by atoms with Crippen molar-refractivity contribution < 1.29 is 9.90 Å². The molecule has 0 aromatic heterocycles. The number of hydrogen-bond donors (Lipinski definition) is 1. The van der Waals surface area contributed by atoms with Crippen LogP contribution in [0.5, 0.6) is 0 Å². The lowest BCUT2D eigenvalue weighted by molar-refractivity contribution is -0.138. The Kier molecular flexibility index (Phi) is 4.84. The number of likely N-dealkylation sites (tertiary alicyclic amines) is 1. The van der Waals surface area contributed by atoms with Gasteiger partial charge in [-0.05, 0) is 38.1 Å². The van der Waals surface area contributed by atoms with E-state index in [9.17, 15) is 4.79 Å². The van der Waals surface area contributed by atoms with Crippen LogP contribution in [0.2, 0.25) is 0 Å². The first-order valence-corrected chi connectivity index (χ1v) is 7.21. The minimum Gasteiger partial charge on any atom is -0.480 e. The van der Waals surface area contributed by atoms with Gasteiger partial charge in [0.1, 0.15) is 0 Å². The smallest absolute Gasteiger partial charge is 0.317 e. The summed E-state index contributed by atoms with van der Waals surface area (Å²) in [7, 11) is 0. The highest BCUT2D eigenvalue weighted by molar-refractivity contribution is 5.69. The van der Waals surface area contributed by atoms with Crippen molar-refractivity contribution in [2.45, 2.75) is 63.8 Å². The zero-order valence-corrected chi connectivity index (χ0v) is 10.7. The normalized spacial score (nSPS) is 27.4. The number of nitrogens with zero attached hydrogens (tertiary/aromatic N) is 1. The van der Waals surface area contributed by atoms with E-state index in [0.29, 0.717) is 6.04 Å². The largest absolute Gasteiger partial charge is 0.480 e. The van der Waals surface area contributed by atoms with Gasteiger partial charge in [0.2, 0.25) is 0 Å². The van der Waals surface area contributed by atoms with Crippen LogP contribution in [0.4, 0.5) is 0 Å². The lowest BCUT2D eigenvalue weighted by atomic mass is 9.85. The molecule has 98 valence electrons. The number of rotatable bonds is 5. The molecule has 0 aromatic carbocycles. The fourth-order valence-electron chi connectivity index (χ4n) is 3.51. The summed E-state index contributed by atoms with van der Waals surface area (Å²) in [5.74, 6) is 0.255. The standard InChI is InChI=1S/C14H25NO2/c16-14(17)11-15-10-4-7-13(15)9-8-12-5-2-1-3-6-12/h12-13H,1-11H2,(H,16,17)/t13-/m0/s1. The second-order valence-corrected chi connectivity index (χ2v) is 5.74. The molecule has 0 unspecified atom stereocenters. The first-order valence-electron chi connectivity index (χ1n) is 7.21. The van der Waals surface area contributed by atoms with E-state index in [0.717, 1.165) is 12.5 Å². The number of aliphatic carboxylic acids is 1. The summed E-state index contributed by atoms with van der Waals surface area (Å²) in [6.07, 6.45) is 12.0. The van der Waals surface area contributed by atoms with Crippen LogP contribution in [-0.4, -0.2) is 35.1 Å². The lowest BCUT2D eigenvalue weighted by Crippen LogP contribution is -2.34. The Morgan fingerprint density at radius 2 is 1.82 bits per heavy atom. The van der Waals surface area contributed by atoms with Crippen LogP contribution in [0.25, 0.3) is 0 Å². The summed E-state index contributed by atoms with van der Waals surface area (Å²) in [5, 5.41) is 8.87. The molecule has 3 heteroatoms. The van der Waals surface area contributed by atoms with E-state index in [4.69, 9.17) is 5.11 Å². The fraction of sp³-hybridized carbons (Fsp3) is 0.929. The van der Waals surface area contributed by atoms with Crippen molar-refractivity contribution >= 4 is 5.97 Å². The van der Waals surface area contributed by atoms with Gasteiger partial charge in [0.25, 0.3) is 0 Å². The third-order valence-electron chi connectivity index (χ3n) is 4.47. The Labute approximate surface area is 104 Å². The average Bonchev–Trinajstić information content (AvgIpc) is 2.74. The summed E-state index contributed by atoms with van der Waals surface area (Å²) in [5.41, 5.74) is 0. The molecule has 1 N–H and O–H groups in total. The van der Waals surface area contributed by atoms with E-state index < -0.39 is 5.97 Å². The van der Waals surface area contributed by atoms with Gasteiger partial charge in [-0.3, -0.25) is 9.69 Å². The maximum absolute atomic E-state index is 10.8. The molecule has 2 aliphatic rings. The summed E-state index contributed by atoms with van der Waals surface area (Å²) < 4.78 is 0. The Morgan fingerprint density at radius 1 is 1.06 bits per heavy atom. The number of carboxylic acids is 1. The summed E-state index contributed by atoms with van der Waals surface area (Å²) in [6, 6.07) is 0.549. The molecule has 17 heavy (non-hydrogen) atoms. The molecular formula is C14H25NO2. The Balaban J connectivity index is 1.71. The molecule has 0 aromatic rings. The van der Waals surface area contributed by atoms with E-state index in [1.165, 1.54) is 57.8 Å². The zero-order chi connectivity index (χ0) is 12.1. The SMILES string of the molecule is O=C(O)CN1CCC[C@H]1CCC1CCCCC1. The fourth-order valence-corrected chi connectivity index (χ4v) is 3.51. The van der Waals surface area contributed by atoms with Crippen molar-refractivity contribution in [1.29, 1.82) is 0 Å². The second kappa shape index (κ2) is 6.39. The van der Waals surface area contributed by atoms with Crippen molar-refractivity contribution in [1.82, 2.24) is 4.90 Å². The molecule has 3 nitrogen and oxygen atoms in total. The van der Waals surface area contributed by atoms with Gasteiger partial charge in [-0.25, -0.2) is 0 Å². The third-order valence-corrected chi connectivity index (χ3v) is 4.47. The molecule has 0 bridgehead atoms. The summed E-state index contributed by atoms with van der Waals surface area (Å²) >= 11 is 0. The highest BCUT2D eigenvalue weighted by atomic mass is 16.4. The molecule has 2 fully saturated rings. The molecule has 1 aliphatic carbocycles. The van der Waals surface area contributed by atoms with Crippen molar-refractivity contribution in [2.24, 2.45) is 5.92 Å². The van der Waals surface area contributed by atoms with Crippen molar-refractivity contribution in [3.8, 4) is 0 Å². The molecule has 1 saturated heterocycles. The molecule has 0 amide bonds. The van der Waals surface area contributed by atoms with E-state index in [1.807, 2.05) is 0 Å². The van der Waals surface area contributed by atoms with Gasteiger partial charge >= 0.3 is 5.97 Å². The topological polar surface area (TPSA) is 40.5 Å².